The van der Waals surface area contributed by atoms with Gasteiger partial charge < -0.3 is 4.90 Å². The average molecular weight is 441 g/mol. The minimum absolute atomic E-state index is 0.0266. The molecule has 1 fully saturated rings. The fraction of sp³-hybridized carbons (Fsp3) is 0.480. The topological polar surface area (TPSA) is 57.7 Å². The molecule has 0 radical (unpaired) electrons. The van der Waals surface area contributed by atoms with Crippen molar-refractivity contribution >= 4 is 15.7 Å². The molecule has 2 aromatic rings. The van der Waals surface area contributed by atoms with Crippen LogP contribution < -0.4 is 0 Å². The van der Waals surface area contributed by atoms with Crippen molar-refractivity contribution in [3.8, 4) is 11.1 Å². The Morgan fingerprint density at radius 2 is 1.74 bits per heavy atom. The van der Waals surface area contributed by atoms with Gasteiger partial charge in [-0.2, -0.15) is 0 Å². The van der Waals surface area contributed by atoms with Crippen LogP contribution in [0.4, 0.5) is 0 Å². The van der Waals surface area contributed by atoms with Crippen molar-refractivity contribution in [2.24, 2.45) is 0 Å². The van der Waals surface area contributed by atoms with Crippen LogP contribution in [0.5, 0.6) is 0 Å². The van der Waals surface area contributed by atoms with E-state index in [4.69, 9.17) is 0 Å². The number of hydrogen-bond donors (Lipinski definition) is 0. The zero-order chi connectivity index (χ0) is 22.2. The normalized spacial score (nSPS) is 21.6. The maximum atomic E-state index is 12.6. The predicted molar refractivity (Wildman–Crippen MR) is 124 cm³/mol. The van der Waals surface area contributed by atoms with Crippen LogP contribution in [0, 0.1) is 0 Å². The molecule has 1 aliphatic carbocycles. The Labute approximate surface area is 186 Å². The molecular weight excluding hydrogens is 408 g/mol. The second-order valence-corrected chi connectivity index (χ2v) is 11.2. The van der Waals surface area contributed by atoms with E-state index in [9.17, 15) is 13.2 Å². The summed E-state index contributed by atoms with van der Waals surface area (Å²) in [5.41, 5.74) is 4.90. The predicted octanol–water partition coefficient (Wildman–Crippen LogP) is 3.56. The molecule has 2 aliphatic rings. The Morgan fingerprint density at radius 3 is 2.42 bits per heavy atom. The molecule has 6 heteroatoms. The van der Waals surface area contributed by atoms with E-state index in [1.165, 1.54) is 11.1 Å². The summed E-state index contributed by atoms with van der Waals surface area (Å²) >= 11 is 0. The van der Waals surface area contributed by atoms with Gasteiger partial charge >= 0.3 is 0 Å². The molecule has 4 rings (SSSR count). The van der Waals surface area contributed by atoms with Gasteiger partial charge in [-0.25, -0.2) is 8.42 Å². The van der Waals surface area contributed by atoms with E-state index >= 15 is 0 Å². The van der Waals surface area contributed by atoms with Crippen molar-refractivity contribution in [2.75, 3.05) is 26.4 Å². The highest BCUT2D eigenvalue weighted by atomic mass is 32.2. The Bertz CT molecular complexity index is 1060. The number of nitrogens with zero attached hydrogens (tertiary/aromatic N) is 2. The first-order chi connectivity index (χ1) is 14.8. The number of likely N-dealkylation sites (N-methyl/N-ethyl adjacent to an activating group) is 1. The second-order valence-electron chi connectivity index (χ2n) is 8.94. The van der Waals surface area contributed by atoms with Gasteiger partial charge in [-0.05, 0) is 73.0 Å². The monoisotopic (exact) mass is 440 g/mol. The largest absolute Gasteiger partial charge is 0.347 e. The number of carbonyl (C=O) groups is 1. The highest BCUT2D eigenvalue weighted by molar-refractivity contribution is 7.91. The van der Waals surface area contributed by atoms with Crippen LogP contribution in [0.25, 0.3) is 11.1 Å². The summed E-state index contributed by atoms with van der Waals surface area (Å²) in [7, 11) is 0.522. The molecule has 2 aromatic carbocycles. The third-order valence-electron chi connectivity index (χ3n) is 6.82. The standard InChI is InChI=1S/C25H32N2O3S/c1-4-31(29,30)23-13-10-18(11-14-23)19-7-8-21-17-22(12-9-20(21)16-19)27-15-5-6-24(27)25(28)26(2)3/h7-8,10-11,13-14,16,22,24H,4-6,9,12,15,17H2,1-3H3. The highest BCUT2D eigenvalue weighted by Gasteiger charge is 2.37. The van der Waals surface area contributed by atoms with Gasteiger partial charge in [0.05, 0.1) is 16.7 Å². The van der Waals surface area contributed by atoms with Gasteiger partial charge in [0.15, 0.2) is 9.84 Å². The van der Waals surface area contributed by atoms with Crippen molar-refractivity contribution in [3.05, 3.63) is 53.6 Å². The van der Waals surface area contributed by atoms with Crippen molar-refractivity contribution < 1.29 is 13.2 Å². The molecule has 0 saturated carbocycles. The maximum Gasteiger partial charge on any atom is 0.239 e. The molecule has 0 spiro atoms. The molecule has 0 N–H and O–H groups in total. The molecule has 2 unspecified atom stereocenters. The summed E-state index contributed by atoms with van der Waals surface area (Å²) in [5.74, 6) is 0.344. The van der Waals surface area contributed by atoms with Crippen LogP contribution in [0.15, 0.2) is 47.4 Å². The molecular formula is C25H32N2O3S. The molecule has 1 heterocycles. The Kier molecular flexibility index (Phi) is 6.22. The molecule has 0 aromatic heterocycles. The molecule has 166 valence electrons. The third-order valence-corrected chi connectivity index (χ3v) is 8.58. The lowest BCUT2D eigenvalue weighted by molar-refractivity contribution is -0.134. The number of benzene rings is 2. The zero-order valence-electron chi connectivity index (χ0n) is 18.7. The number of likely N-dealkylation sites (tertiary alicyclic amines) is 1. The fourth-order valence-corrected chi connectivity index (χ4v) is 5.89. The van der Waals surface area contributed by atoms with Crippen LogP contribution in [0.1, 0.15) is 37.3 Å². The second kappa shape index (κ2) is 8.75. The molecule has 0 bridgehead atoms. The SMILES string of the molecule is CCS(=O)(=O)c1ccc(-c2ccc3c(c2)CCC(N2CCCC2C(=O)N(C)C)C3)cc1. The Morgan fingerprint density at radius 1 is 1.03 bits per heavy atom. The molecule has 1 amide bonds. The van der Waals surface area contributed by atoms with Gasteiger partial charge in [0, 0.05) is 20.1 Å². The van der Waals surface area contributed by atoms with E-state index in [0.29, 0.717) is 10.9 Å². The maximum absolute atomic E-state index is 12.6. The number of fused-ring (bicyclic) bond motifs is 1. The van der Waals surface area contributed by atoms with E-state index in [1.807, 2.05) is 26.2 Å². The quantitative estimate of drug-likeness (QED) is 0.713. The summed E-state index contributed by atoms with van der Waals surface area (Å²) in [6.07, 6.45) is 5.12. The van der Waals surface area contributed by atoms with E-state index in [2.05, 4.69) is 23.1 Å². The smallest absolute Gasteiger partial charge is 0.239 e. The van der Waals surface area contributed by atoms with Gasteiger partial charge in [-0.3, -0.25) is 9.69 Å². The van der Waals surface area contributed by atoms with Gasteiger partial charge in [-0.1, -0.05) is 37.3 Å². The third kappa shape index (κ3) is 4.41. The van der Waals surface area contributed by atoms with Crippen molar-refractivity contribution in [1.29, 1.82) is 0 Å². The van der Waals surface area contributed by atoms with Gasteiger partial charge in [0.2, 0.25) is 5.91 Å². The summed E-state index contributed by atoms with van der Waals surface area (Å²) in [4.78, 5) is 17.1. The minimum atomic E-state index is -3.17. The minimum Gasteiger partial charge on any atom is -0.347 e. The van der Waals surface area contributed by atoms with Crippen LogP contribution in [0.2, 0.25) is 0 Å². The Balaban J connectivity index is 1.51. The first kappa shape index (κ1) is 22.0. The average Bonchev–Trinajstić information content (AvgIpc) is 3.27. The van der Waals surface area contributed by atoms with E-state index in [1.54, 1.807) is 24.0 Å². The number of aryl methyl sites for hydroxylation is 1. The number of sulfone groups is 1. The number of carbonyl (C=O) groups excluding carboxylic acids is 1. The van der Waals surface area contributed by atoms with Gasteiger partial charge in [-0.15, -0.1) is 0 Å². The first-order valence-corrected chi connectivity index (χ1v) is 12.9. The molecule has 1 saturated heterocycles. The van der Waals surface area contributed by atoms with E-state index in [-0.39, 0.29) is 17.7 Å². The van der Waals surface area contributed by atoms with Crippen molar-refractivity contribution in [1.82, 2.24) is 9.80 Å². The summed E-state index contributed by atoms with van der Waals surface area (Å²) in [6.45, 7) is 2.68. The molecule has 2 atom stereocenters. The lowest BCUT2D eigenvalue weighted by Gasteiger charge is -2.36. The Hall–Kier alpha value is -2.18. The lowest BCUT2D eigenvalue weighted by Crippen LogP contribution is -2.49. The molecule has 5 nitrogen and oxygen atoms in total. The van der Waals surface area contributed by atoms with Crippen LogP contribution in [0.3, 0.4) is 0 Å². The zero-order valence-corrected chi connectivity index (χ0v) is 19.5. The lowest BCUT2D eigenvalue weighted by atomic mass is 9.85. The van der Waals surface area contributed by atoms with E-state index < -0.39 is 9.84 Å². The van der Waals surface area contributed by atoms with Crippen LogP contribution in [-0.4, -0.2) is 62.6 Å². The van der Waals surface area contributed by atoms with Gasteiger partial charge in [0.1, 0.15) is 0 Å². The van der Waals surface area contributed by atoms with Crippen molar-refractivity contribution in [3.63, 3.8) is 0 Å². The van der Waals surface area contributed by atoms with E-state index in [0.717, 1.165) is 49.8 Å². The van der Waals surface area contributed by atoms with Crippen LogP contribution in [-0.2, 0) is 27.5 Å². The van der Waals surface area contributed by atoms with Crippen molar-refractivity contribution in [2.45, 2.75) is 56.0 Å². The number of rotatable bonds is 5. The summed E-state index contributed by atoms with van der Waals surface area (Å²) < 4.78 is 24.1. The fourth-order valence-electron chi connectivity index (χ4n) is 5.01. The number of amides is 1. The van der Waals surface area contributed by atoms with Gasteiger partial charge in [0.25, 0.3) is 0 Å². The summed E-state index contributed by atoms with van der Waals surface area (Å²) in [5, 5.41) is 0. The molecule has 31 heavy (non-hydrogen) atoms. The highest BCUT2D eigenvalue weighted by Crippen LogP contribution is 2.33. The van der Waals surface area contributed by atoms with Crippen LogP contribution >= 0.6 is 0 Å². The first-order valence-electron chi connectivity index (χ1n) is 11.2. The molecule has 1 aliphatic heterocycles. The summed E-state index contributed by atoms with van der Waals surface area (Å²) in [6, 6.07) is 14.3. The number of hydrogen-bond acceptors (Lipinski definition) is 4.